The van der Waals surface area contributed by atoms with Gasteiger partial charge in [0, 0.05) is 48.8 Å². The van der Waals surface area contributed by atoms with E-state index in [9.17, 15) is 4.79 Å². The van der Waals surface area contributed by atoms with E-state index in [2.05, 4.69) is 42.2 Å². The molecule has 0 atom stereocenters. The summed E-state index contributed by atoms with van der Waals surface area (Å²) in [7, 11) is 2.07. The molecule has 0 unspecified atom stereocenters. The van der Waals surface area contributed by atoms with E-state index in [1.165, 1.54) is 16.8 Å². The van der Waals surface area contributed by atoms with E-state index < -0.39 is 0 Å². The van der Waals surface area contributed by atoms with Crippen molar-refractivity contribution in [2.75, 3.05) is 19.6 Å². The van der Waals surface area contributed by atoms with Crippen molar-refractivity contribution < 1.29 is 4.79 Å². The Bertz CT molecular complexity index is 874. The number of aromatic nitrogens is 1. The molecule has 2 aromatic rings. The van der Waals surface area contributed by atoms with Gasteiger partial charge in [-0.1, -0.05) is 0 Å². The smallest absolute Gasteiger partial charge is 0.253 e. The summed E-state index contributed by atoms with van der Waals surface area (Å²) in [6.07, 6.45) is 1.75. The topological polar surface area (TPSA) is 73.2 Å². The molecule has 25 heavy (non-hydrogen) atoms. The number of nitrogens with one attached hydrogen (secondary N) is 3. The Hall–Kier alpha value is -2.50. The monoisotopic (exact) mass is 339 g/mol. The summed E-state index contributed by atoms with van der Waals surface area (Å²) < 4.78 is 2.18. The van der Waals surface area contributed by atoms with Crippen molar-refractivity contribution in [3.05, 3.63) is 35.0 Å². The largest absolute Gasteiger partial charge is 0.354 e. The molecule has 0 bridgehead atoms. The molecule has 0 radical (unpaired) electrons. The molecule has 6 nitrogen and oxygen atoms in total. The molecule has 1 spiro atoms. The van der Waals surface area contributed by atoms with Crippen molar-refractivity contribution >= 4 is 22.8 Å². The Morgan fingerprint density at radius 1 is 1.24 bits per heavy atom. The van der Waals surface area contributed by atoms with E-state index in [1.807, 2.05) is 17.0 Å². The van der Waals surface area contributed by atoms with Crippen LogP contribution in [-0.2, 0) is 7.05 Å². The van der Waals surface area contributed by atoms with Crippen molar-refractivity contribution in [1.82, 2.24) is 20.1 Å². The number of likely N-dealkylation sites (tertiary alicyclic amines) is 1. The molecule has 1 aromatic carbocycles. The minimum atomic E-state index is -0.0506. The number of hydrogen-bond acceptors (Lipinski definition) is 2. The van der Waals surface area contributed by atoms with Crippen LogP contribution < -0.4 is 10.6 Å². The summed E-state index contributed by atoms with van der Waals surface area (Å²) in [5, 5.41) is 15.1. The average molecular weight is 339 g/mol. The lowest BCUT2D eigenvalue weighted by Crippen LogP contribution is -2.53. The lowest BCUT2D eigenvalue weighted by molar-refractivity contribution is 0.0669. The van der Waals surface area contributed by atoms with Gasteiger partial charge in [0.25, 0.3) is 5.91 Å². The number of benzene rings is 1. The Morgan fingerprint density at radius 3 is 2.60 bits per heavy atom. The van der Waals surface area contributed by atoms with Crippen LogP contribution in [0.5, 0.6) is 0 Å². The number of guanidine groups is 1. The van der Waals surface area contributed by atoms with Crippen LogP contribution in [-0.4, -0.2) is 46.5 Å². The normalized spacial score (nSPS) is 19.3. The Labute approximate surface area is 147 Å². The van der Waals surface area contributed by atoms with Crippen molar-refractivity contribution in [3.63, 3.8) is 0 Å². The maximum atomic E-state index is 13.0. The zero-order chi connectivity index (χ0) is 17.8. The maximum Gasteiger partial charge on any atom is 0.253 e. The quantitative estimate of drug-likeness (QED) is 0.743. The van der Waals surface area contributed by atoms with E-state index in [-0.39, 0.29) is 11.4 Å². The Morgan fingerprint density at radius 2 is 1.96 bits per heavy atom. The molecule has 3 heterocycles. The summed E-state index contributed by atoms with van der Waals surface area (Å²) in [6, 6.07) is 6.03. The van der Waals surface area contributed by atoms with Gasteiger partial charge in [-0.2, -0.15) is 0 Å². The molecule has 4 rings (SSSR count). The zero-order valence-corrected chi connectivity index (χ0v) is 15.1. The first-order chi connectivity index (χ1) is 11.9. The van der Waals surface area contributed by atoms with Gasteiger partial charge in [-0.25, -0.2) is 0 Å². The van der Waals surface area contributed by atoms with Crippen LogP contribution in [0.4, 0.5) is 0 Å². The van der Waals surface area contributed by atoms with E-state index in [0.717, 1.165) is 43.4 Å². The van der Waals surface area contributed by atoms with Crippen molar-refractivity contribution in [2.45, 2.75) is 32.2 Å². The number of hydrogen-bond donors (Lipinski definition) is 3. The first kappa shape index (κ1) is 16.0. The number of nitrogens with zero attached hydrogens (tertiary/aromatic N) is 2. The molecule has 2 aliphatic rings. The Balaban J connectivity index is 1.55. The minimum Gasteiger partial charge on any atom is -0.354 e. The van der Waals surface area contributed by atoms with Crippen LogP contribution in [0.15, 0.2) is 18.2 Å². The molecule has 1 aromatic heterocycles. The van der Waals surface area contributed by atoms with Gasteiger partial charge in [0.15, 0.2) is 5.96 Å². The average Bonchev–Trinajstić information content (AvgIpc) is 3.08. The van der Waals surface area contributed by atoms with Gasteiger partial charge in [-0.05, 0) is 50.5 Å². The number of rotatable bonds is 1. The van der Waals surface area contributed by atoms with E-state index in [1.54, 1.807) is 0 Å². The standard InChI is InChI=1S/C19H25N5O/c1-12-13(2)23(3)16-5-4-14(10-15(12)16)17(25)24-8-6-19(7-9-24)11-21-18(20)22-19/h4-5,10H,6-9,11H2,1-3H3,(H3,20,21,22). The number of carbonyl (C=O) groups is 1. The summed E-state index contributed by atoms with van der Waals surface area (Å²) in [5.74, 6) is 0.513. The maximum absolute atomic E-state index is 13.0. The first-order valence-electron chi connectivity index (χ1n) is 8.86. The number of aryl methyl sites for hydroxylation is 2. The van der Waals surface area contributed by atoms with E-state index >= 15 is 0 Å². The minimum absolute atomic E-state index is 0.0506. The fourth-order valence-electron chi connectivity index (χ4n) is 4.12. The third-order valence-electron chi connectivity index (χ3n) is 6.06. The second kappa shape index (κ2) is 5.51. The highest BCUT2D eigenvalue weighted by Gasteiger charge is 2.40. The molecule has 0 aliphatic carbocycles. The van der Waals surface area contributed by atoms with Crippen LogP contribution in [0.25, 0.3) is 10.9 Å². The van der Waals surface area contributed by atoms with E-state index in [4.69, 9.17) is 5.41 Å². The summed E-state index contributed by atoms with van der Waals surface area (Å²) in [5.41, 5.74) is 4.36. The Kier molecular flexibility index (Phi) is 3.52. The molecule has 2 aliphatic heterocycles. The second-order valence-electron chi connectivity index (χ2n) is 7.43. The molecule has 2 fully saturated rings. The number of amides is 1. The first-order valence-corrected chi connectivity index (χ1v) is 8.86. The van der Waals surface area contributed by atoms with Gasteiger partial charge < -0.3 is 20.1 Å². The third kappa shape index (κ3) is 2.47. The molecular formula is C19H25N5O. The summed E-state index contributed by atoms with van der Waals surface area (Å²) in [6.45, 7) is 6.46. The fraction of sp³-hybridized carbons (Fsp3) is 0.474. The molecule has 6 heteroatoms. The van der Waals surface area contributed by atoms with Gasteiger partial charge >= 0.3 is 0 Å². The van der Waals surface area contributed by atoms with Crippen LogP contribution in [0, 0.1) is 19.3 Å². The van der Waals surface area contributed by atoms with Gasteiger partial charge in [-0.3, -0.25) is 10.2 Å². The van der Waals surface area contributed by atoms with Crippen molar-refractivity contribution in [2.24, 2.45) is 7.05 Å². The van der Waals surface area contributed by atoms with Crippen LogP contribution in [0.3, 0.4) is 0 Å². The van der Waals surface area contributed by atoms with Crippen LogP contribution in [0.2, 0.25) is 0 Å². The SMILES string of the molecule is Cc1c(C)n(C)c2ccc(C(=O)N3CCC4(CC3)CNC(=N)N4)cc12. The fourth-order valence-corrected chi connectivity index (χ4v) is 4.12. The lowest BCUT2D eigenvalue weighted by Gasteiger charge is -2.38. The predicted octanol–water partition coefficient (Wildman–Crippen LogP) is 1.90. The predicted molar refractivity (Wildman–Crippen MR) is 99.1 cm³/mol. The highest BCUT2D eigenvalue weighted by Crippen LogP contribution is 2.28. The summed E-state index contributed by atoms with van der Waals surface area (Å²) in [4.78, 5) is 14.9. The molecular weight excluding hydrogens is 314 g/mol. The van der Waals surface area contributed by atoms with Crippen molar-refractivity contribution in [1.29, 1.82) is 5.41 Å². The van der Waals surface area contributed by atoms with Crippen molar-refractivity contribution in [3.8, 4) is 0 Å². The van der Waals surface area contributed by atoms with Gasteiger partial charge in [-0.15, -0.1) is 0 Å². The number of piperidine rings is 1. The zero-order valence-electron chi connectivity index (χ0n) is 15.1. The molecule has 3 N–H and O–H groups in total. The molecule has 0 saturated carbocycles. The number of carbonyl (C=O) groups excluding carboxylic acids is 1. The highest BCUT2D eigenvalue weighted by molar-refractivity contribution is 5.99. The molecule has 1 amide bonds. The highest BCUT2D eigenvalue weighted by atomic mass is 16.2. The molecule has 2 saturated heterocycles. The van der Waals surface area contributed by atoms with E-state index in [0.29, 0.717) is 5.96 Å². The van der Waals surface area contributed by atoms with Gasteiger partial charge in [0.1, 0.15) is 0 Å². The van der Waals surface area contributed by atoms with Crippen LogP contribution >= 0.6 is 0 Å². The number of fused-ring (bicyclic) bond motifs is 1. The molecule has 132 valence electrons. The summed E-state index contributed by atoms with van der Waals surface area (Å²) >= 11 is 0. The lowest BCUT2D eigenvalue weighted by atomic mass is 9.88. The third-order valence-corrected chi connectivity index (χ3v) is 6.06. The van der Waals surface area contributed by atoms with Gasteiger partial charge in [0.05, 0.1) is 5.54 Å². The second-order valence-corrected chi connectivity index (χ2v) is 7.43. The van der Waals surface area contributed by atoms with Crippen LogP contribution in [0.1, 0.15) is 34.5 Å². The van der Waals surface area contributed by atoms with Gasteiger partial charge in [0.2, 0.25) is 0 Å².